The molecule has 0 radical (unpaired) electrons. The van der Waals surface area contributed by atoms with Gasteiger partial charge in [0.2, 0.25) is 17.7 Å². The van der Waals surface area contributed by atoms with Gasteiger partial charge in [-0.15, -0.1) is 0 Å². The van der Waals surface area contributed by atoms with E-state index >= 15 is 0 Å². The number of imide groups is 1. The lowest BCUT2D eigenvalue weighted by molar-refractivity contribution is -0.140. The molecular weight excluding hydrogens is 369 g/mol. The number of nitrogens with zero attached hydrogens (tertiary/aromatic N) is 1. The zero-order valence-corrected chi connectivity index (χ0v) is 15.3. The predicted octanol–water partition coefficient (Wildman–Crippen LogP) is 0.917. The van der Waals surface area contributed by atoms with Gasteiger partial charge < -0.3 is 4.74 Å². The first kappa shape index (κ1) is 19.8. The Hall–Kier alpha value is -2.97. The summed E-state index contributed by atoms with van der Waals surface area (Å²) in [4.78, 5) is 49.4. The molecule has 0 bridgehead atoms. The van der Waals surface area contributed by atoms with E-state index in [1.807, 2.05) is 0 Å². The van der Waals surface area contributed by atoms with Crippen molar-refractivity contribution in [2.75, 3.05) is 13.2 Å². The average molecular weight is 391 g/mol. The van der Waals surface area contributed by atoms with Crippen LogP contribution in [0.2, 0.25) is 0 Å². The summed E-state index contributed by atoms with van der Waals surface area (Å²) in [6.45, 7) is -0.364. The number of likely N-dealkylation sites (tertiary alicyclic amines) is 1. The van der Waals surface area contributed by atoms with Gasteiger partial charge in [-0.3, -0.25) is 34.9 Å². The van der Waals surface area contributed by atoms with Crippen molar-refractivity contribution in [3.8, 4) is 5.75 Å². The molecule has 2 aliphatic rings. The summed E-state index contributed by atoms with van der Waals surface area (Å²) in [5, 5.41) is 0. The lowest BCUT2D eigenvalue weighted by Gasteiger charge is -2.19. The molecule has 1 aromatic rings. The van der Waals surface area contributed by atoms with Crippen molar-refractivity contribution in [3.05, 3.63) is 30.1 Å². The molecule has 4 amide bonds. The molecule has 28 heavy (non-hydrogen) atoms. The fourth-order valence-corrected chi connectivity index (χ4v) is 3.58. The minimum atomic E-state index is -0.600. The molecule has 1 aliphatic carbocycles. The molecule has 1 aromatic carbocycles. The molecule has 8 nitrogen and oxygen atoms in total. The number of benzene rings is 1. The summed E-state index contributed by atoms with van der Waals surface area (Å²) in [7, 11) is 0. The highest BCUT2D eigenvalue weighted by Gasteiger charge is 2.47. The molecule has 2 N–H and O–H groups in total. The van der Waals surface area contributed by atoms with Gasteiger partial charge in [0.1, 0.15) is 11.6 Å². The lowest BCUT2D eigenvalue weighted by atomic mass is 9.81. The van der Waals surface area contributed by atoms with E-state index in [1.165, 1.54) is 29.2 Å². The number of rotatable bonds is 6. The predicted molar refractivity (Wildman–Crippen MR) is 95.0 cm³/mol. The summed E-state index contributed by atoms with van der Waals surface area (Å²) in [5.41, 5.74) is 4.40. The van der Waals surface area contributed by atoms with E-state index in [-0.39, 0.29) is 43.2 Å². The number of halogens is 1. The zero-order valence-electron chi connectivity index (χ0n) is 15.3. The van der Waals surface area contributed by atoms with Crippen LogP contribution in [0, 0.1) is 17.7 Å². The van der Waals surface area contributed by atoms with Gasteiger partial charge in [-0.1, -0.05) is 12.8 Å². The molecule has 2 fully saturated rings. The van der Waals surface area contributed by atoms with Crippen molar-refractivity contribution < 1.29 is 28.3 Å². The van der Waals surface area contributed by atoms with Crippen molar-refractivity contribution >= 4 is 23.6 Å². The van der Waals surface area contributed by atoms with Crippen molar-refractivity contribution in [1.82, 2.24) is 15.8 Å². The molecule has 2 atom stereocenters. The molecule has 1 aliphatic heterocycles. The third-order valence-electron chi connectivity index (χ3n) is 5.02. The van der Waals surface area contributed by atoms with Gasteiger partial charge in [-0.05, 0) is 37.1 Å². The summed E-state index contributed by atoms with van der Waals surface area (Å²) < 4.78 is 17.9. The first-order valence-corrected chi connectivity index (χ1v) is 9.27. The molecule has 1 heterocycles. The highest BCUT2D eigenvalue weighted by molar-refractivity contribution is 6.05. The number of nitrogens with one attached hydrogen (secondary N) is 2. The molecule has 0 unspecified atom stereocenters. The third-order valence-corrected chi connectivity index (χ3v) is 5.02. The minimum Gasteiger partial charge on any atom is -0.484 e. The minimum absolute atomic E-state index is 0.00154. The maximum atomic E-state index is 12.8. The maximum absolute atomic E-state index is 12.8. The van der Waals surface area contributed by atoms with Gasteiger partial charge in [0, 0.05) is 13.0 Å². The SMILES string of the molecule is O=C(CCN1C(=O)[C@H]2CCCC[C@@H]2C1=O)NNC(=O)COc1ccc(F)cc1. The van der Waals surface area contributed by atoms with E-state index in [9.17, 15) is 23.6 Å². The Kier molecular flexibility index (Phi) is 6.23. The zero-order chi connectivity index (χ0) is 20.1. The van der Waals surface area contributed by atoms with Crippen LogP contribution in [0.1, 0.15) is 32.1 Å². The number of fused-ring (bicyclic) bond motifs is 1. The largest absolute Gasteiger partial charge is 0.484 e. The fourth-order valence-electron chi connectivity index (χ4n) is 3.58. The summed E-state index contributed by atoms with van der Waals surface area (Å²) in [5.74, 6) is -2.10. The van der Waals surface area contributed by atoms with Crippen LogP contribution < -0.4 is 15.6 Å². The van der Waals surface area contributed by atoms with Crippen LogP contribution in [0.4, 0.5) is 4.39 Å². The van der Waals surface area contributed by atoms with E-state index < -0.39 is 17.6 Å². The van der Waals surface area contributed by atoms with Crippen molar-refractivity contribution in [1.29, 1.82) is 0 Å². The Bertz CT molecular complexity index is 743. The second kappa shape index (κ2) is 8.81. The van der Waals surface area contributed by atoms with Crippen LogP contribution >= 0.6 is 0 Å². The average Bonchev–Trinajstić information content (AvgIpc) is 2.95. The van der Waals surface area contributed by atoms with E-state index in [0.717, 1.165) is 25.7 Å². The van der Waals surface area contributed by atoms with Crippen molar-refractivity contribution in [2.45, 2.75) is 32.1 Å². The number of hydrazine groups is 1. The van der Waals surface area contributed by atoms with Crippen LogP contribution in [-0.2, 0) is 19.2 Å². The summed E-state index contributed by atoms with van der Waals surface area (Å²) in [6.07, 6.45) is 3.24. The lowest BCUT2D eigenvalue weighted by Crippen LogP contribution is -2.45. The molecule has 150 valence electrons. The standard InChI is InChI=1S/C19H22FN3O5/c20-12-5-7-13(8-6-12)28-11-17(25)22-21-16(24)9-10-23-18(26)14-3-1-2-4-15(14)19(23)27/h5-8,14-15H,1-4,9-11H2,(H,21,24)(H,22,25)/t14-,15-/m0/s1. The Morgan fingerprint density at radius 3 is 2.18 bits per heavy atom. The Labute approximate surface area is 161 Å². The van der Waals surface area contributed by atoms with Crippen LogP contribution in [0.3, 0.4) is 0 Å². The molecule has 1 saturated carbocycles. The highest BCUT2D eigenvalue weighted by Crippen LogP contribution is 2.37. The van der Waals surface area contributed by atoms with E-state index in [2.05, 4.69) is 10.9 Å². The van der Waals surface area contributed by atoms with Crippen molar-refractivity contribution in [2.24, 2.45) is 11.8 Å². The second-order valence-electron chi connectivity index (χ2n) is 6.91. The fraction of sp³-hybridized carbons (Fsp3) is 0.474. The highest BCUT2D eigenvalue weighted by atomic mass is 19.1. The van der Waals surface area contributed by atoms with Gasteiger partial charge >= 0.3 is 0 Å². The van der Waals surface area contributed by atoms with Gasteiger partial charge in [-0.2, -0.15) is 0 Å². The molecule has 1 saturated heterocycles. The Morgan fingerprint density at radius 1 is 1.00 bits per heavy atom. The van der Waals surface area contributed by atoms with Crippen LogP contribution in [0.25, 0.3) is 0 Å². The summed E-state index contributed by atoms with van der Waals surface area (Å²) >= 11 is 0. The first-order valence-electron chi connectivity index (χ1n) is 9.27. The third kappa shape index (κ3) is 4.65. The number of hydrogen-bond donors (Lipinski definition) is 2. The van der Waals surface area contributed by atoms with Gasteiger partial charge in [0.15, 0.2) is 6.61 Å². The number of hydrogen-bond acceptors (Lipinski definition) is 5. The normalized spacial score (nSPS) is 21.2. The molecule has 0 spiro atoms. The quantitative estimate of drug-likeness (QED) is 0.554. The number of carbonyl (C=O) groups is 4. The summed E-state index contributed by atoms with van der Waals surface area (Å²) in [6, 6.07) is 5.16. The van der Waals surface area contributed by atoms with Crippen LogP contribution in [0.15, 0.2) is 24.3 Å². The number of carbonyl (C=O) groups excluding carboxylic acids is 4. The molecule has 0 aromatic heterocycles. The van der Waals surface area contributed by atoms with E-state index in [0.29, 0.717) is 5.75 Å². The van der Waals surface area contributed by atoms with Crippen LogP contribution in [-0.4, -0.2) is 41.7 Å². The molecule has 3 rings (SSSR count). The van der Waals surface area contributed by atoms with Crippen LogP contribution in [0.5, 0.6) is 5.75 Å². The number of amides is 4. The molecular formula is C19H22FN3O5. The maximum Gasteiger partial charge on any atom is 0.276 e. The first-order chi connectivity index (χ1) is 13.5. The van der Waals surface area contributed by atoms with Crippen molar-refractivity contribution in [3.63, 3.8) is 0 Å². The van der Waals surface area contributed by atoms with Gasteiger partial charge in [0.05, 0.1) is 11.8 Å². The van der Waals surface area contributed by atoms with Gasteiger partial charge in [0.25, 0.3) is 5.91 Å². The smallest absolute Gasteiger partial charge is 0.276 e. The second-order valence-corrected chi connectivity index (χ2v) is 6.91. The Morgan fingerprint density at radius 2 is 1.57 bits per heavy atom. The van der Waals surface area contributed by atoms with Gasteiger partial charge in [-0.25, -0.2) is 4.39 Å². The van der Waals surface area contributed by atoms with E-state index in [1.54, 1.807) is 0 Å². The Balaban J connectivity index is 1.37. The topological polar surface area (TPSA) is 105 Å². The van der Waals surface area contributed by atoms with E-state index in [4.69, 9.17) is 4.74 Å². The monoisotopic (exact) mass is 391 g/mol. The number of ether oxygens (including phenoxy) is 1. The molecule has 9 heteroatoms.